The summed E-state index contributed by atoms with van der Waals surface area (Å²) in [4.78, 5) is 0. The van der Waals surface area contributed by atoms with E-state index in [9.17, 15) is 0 Å². The molecule has 94 valence electrons. The van der Waals surface area contributed by atoms with Gasteiger partial charge in [-0.2, -0.15) is 0 Å². The molecular weight excluding hydrogens is 428 g/mol. The van der Waals surface area contributed by atoms with Crippen LogP contribution in [0.2, 0.25) is 0 Å². The molecule has 1 aromatic heterocycles. The molecule has 0 fully saturated rings. The molecule has 6 heteroatoms. The molecule has 0 aliphatic rings. The molecule has 0 saturated heterocycles. The van der Waals surface area contributed by atoms with Gasteiger partial charge < -0.3 is 4.42 Å². The van der Waals surface area contributed by atoms with E-state index in [0.717, 1.165) is 5.56 Å². The fourth-order valence-electron chi connectivity index (χ4n) is 1.26. The Hall–Kier alpha value is -0.460. The second kappa shape index (κ2) is 5.67. The van der Waals surface area contributed by atoms with E-state index in [4.69, 9.17) is 4.42 Å². The summed E-state index contributed by atoms with van der Waals surface area (Å²) in [6.07, 6.45) is 3.70. The lowest BCUT2D eigenvalue weighted by Gasteiger charge is -2.03. The third kappa shape index (κ3) is 3.76. The Morgan fingerprint density at radius 3 is 2.28 bits per heavy atom. The molecule has 18 heavy (non-hydrogen) atoms. The van der Waals surface area contributed by atoms with E-state index < -0.39 is 2.14 Å². The fraction of sp³-hybridized carbons (Fsp3) is 0.167. The van der Waals surface area contributed by atoms with Gasteiger partial charge in [-0.25, -0.2) is 0 Å². The zero-order valence-electron chi connectivity index (χ0n) is 9.40. The number of aromatic nitrogens is 2. The summed E-state index contributed by atoms with van der Waals surface area (Å²) in [6, 6.07) is 8.18. The Morgan fingerprint density at radius 2 is 1.72 bits per heavy atom. The van der Waals surface area contributed by atoms with Crippen molar-refractivity contribution in [3.63, 3.8) is 0 Å². The van der Waals surface area contributed by atoms with E-state index in [-0.39, 0.29) is 0 Å². The van der Waals surface area contributed by atoms with Gasteiger partial charge in [0.1, 0.15) is 0 Å². The van der Waals surface area contributed by atoms with Crippen LogP contribution in [0.3, 0.4) is 0 Å². The van der Waals surface area contributed by atoms with Gasteiger partial charge in [-0.1, -0.05) is 29.8 Å². The Morgan fingerprint density at radius 1 is 1.06 bits per heavy atom. The first-order valence-corrected chi connectivity index (χ1v) is 7.48. The highest BCUT2D eigenvalue weighted by Gasteiger charge is 2.27. The zero-order chi connectivity index (χ0) is 13.2. The van der Waals surface area contributed by atoms with Crippen molar-refractivity contribution in [2.75, 3.05) is 0 Å². The van der Waals surface area contributed by atoms with E-state index in [1.54, 1.807) is 6.08 Å². The first-order valence-electron chi connectivity index (χ1n) is 5.10. The van der Waals surface area contributed by atoms with Crippen LogP contribution in [0.15, 0.2) is 28.7 Å². The van der Waals surface area contributed by atoms with Crippen molar-refractivity contribution in [3.05, 3.63) is 47.2 Å². The molecule has 0 radical (unpaired) electrons. The Bertz CT molecular complexity index is 555. The van der Waals surface area contributed by atoms with Crippen molar-refractivity contribution >= 4 is 59.9 Å². The van der Waals surface area contributed by atoms with Crippen LogP contribution in [-0.4, -0.2) is 10.2 Å². The average Bonchev–Trinajstić information content (AvgIpc) is 2.77. The quantitative estimate of drug-likeness (QED) is 0.632. The highest BCUT2D eigenvalue weighted by atomic mass is 80.0. The molecule has 0 spiro atoms. The van der Waals surface area contributed by atoms with Gasteiger partial charge in [-0.3, -0.25) is 0 Å². The van der Waals surface area contributed by atoms with Crippen LogP contribution in [0, 0.1) is 6.92 Å². The normalized spacial score (nSPS) is 12.2. The minimum absolute atomic E-state index is 0.408. The smallest absolute Gasteiger partial charge is 0.255 e. The van der Waals surface area contributed by atoms with Gasteiger partial charge in [-0.15, -0.1) is 10.2 Å². The topological polar surface area (TPSA) is 38.9 Å². The summed E-state index contributed by atoms with van der Waals surface area (Å²) < 4.78 is 4.77. The molecule has 0 amide bonds. The van der Waals surface area contributed by atoms with Gasteiger partial charge in [0.25, 0.3) is 5.89 Å². The van der Waals surface area contributed by atoms with Crippen molar-refractivity contribution in [1.29, 1.82) is 0 Å². The third-order valence-electron chi connectivity index (χ3n) is 2.18. The van der Waals surface area contributed by atoms with E-state index in [1.807, 2.05) is 18.2 Å². The minimum Gasteiger partial charge on any atom is -0.418 e. The van der Waals surface area contributed by atoms with Crippen molar-refractivity contribution in [1.82, 2.24) is 10.2 Å². The van der Waals surface area contributed by atoms with Crippen molar-refractivity contribution in [2.45, 2.75) is 9.07 Å². The van der Waals surface area contributed by atoms with Crippen LogP contribution in [0.4, 0.5) is 0 Å². The van der Waals surface area contributed by atoms with Crippen LogP contribution >= 0.6 is 47.8 Å². The number of nitrogens with zero attached hydrogens (tertiary/aromatic N) is 2. The van der Waals surface area contributed by atoms with Gasteiger partial charge in [0, 0.05) is 6.08 Å². The molecule has 0 aliphatic heterocycles. The molecule has 1 heterocycles. The summed E-state index contributed by atoms with van der Waals surface area (Å²) in [6.45, 7) is 2.05. The average molecular weight is 437 g/mol. The van der Waals surface area contributed by atoms with Gasteiger partial charge in [0.05, 0.1) is 0 Å². The van der Waals surface area contributed by atoms with Crippen LogP contribution in [0.1, 0.15) is 22.9 Å². The summed E-state index contributed by atoms with van der Waals surface area (Å²) >= 11 is 9.95. The van der Waals surface area contributed by atoms with Gasteiger partial charge >= 0.3 is 0 Å². The highest BCUT2D eigenvalue weighted by molar-refractivity contribution is 9.38. The largest absolute Gasteiger partial charge is 0.418 e. The second-order valence-corrected chi connectivity index (χ2v) is 10.4. The standard InChI is InChI=1S/C12H9Br3N2O/c1-8-2-4-9(5-3-8)6-7-10-16-17-11(18-10)12(13,14)15/h2-7H,1H3. The van der Waals surface area contributed by atoms with Crippen LogP contribution < -0.4 is 0 Å². The number of hydrogen-bond acceptors (Lipinski definition) is 3. The predicted octanol–water partition coefficient (Wildman–Crippen LogP) is 4.84. The lowest BCUT2D eigenvalue weighted by Crippen LogP contribution is -1.97. The van der Waals surface area contributed by atoms with Crippen molar-refractivity contribution in [2.24, 2.45) is 0 Å². The number of aryl methyl sites for hydroxylation is 1. The van der Waals surface area contributed by atoms with Gasteiger partial charge in [-0.05, 0) is 66.4 Å². The Kier molecular flexibility index (Phi) is 4.40. The number of alkyl halides is 3. The molecule has 0 N–H and O–H groups in total. The van der Waals surface area contributed by atoms with Crippen LogP contribution in [-0.2, 0) is 2.14 Å². The summed E-state index contributed by atoms with van der Waals surface area (Å²) in [5, 5.41) is 7.83. The number of benzene rings is 1. The molecule has 0 saturated carbocycles. The molecule has 2 aromatic rings. The van der Waals surface area contributed by atoms with Crippen molar-refractivity contribution in [3.8, 4) is 0 Å². The first-order chi connectivity index (χ1) is 8.45. The maximum atomic E-state index is 5.44. The second-order valence-electron chi connectivity index (χ2n) is 3.69. The molecule has 2 rings (SSSR count). The van der Waals surface area contributed by atoms with Crippen LogP contribution in [0.25, 0.3) is 12.2 Å². The van der Waals surface area contributed by atoms with Gasteiger partial charge in [0.2, 0.25) is 8.03 Å². The summed E-state index contributed by atoms with van der Waals surface area (Å²) in [5.74, 6) is 0.861. The third-order valence-corrected chi connectivity index (χ3v) is 3.20. The van der Waals surface area contributed by atoms with Crippen LogP contribution in [0.5, 0.6) is 0 Å². The zero-order valence-corrected chi connectivity index (χ0v) is 14.2. The lowest BCUT2D eigenvalue weighted by molar-refractivity contribution is 0.502. The Labute approximate surface area is 130 Å². The molecule has 0 bridgehead atoms. The maximum Gasteiger partial charge on any atom is 0.255 e. The summed E-state index contributed by atoms with van der Waals surface area (Å²) in [7, 11) is 0. The molecule has 1 aromatic carbocycles. The SMILES string of the molecule is Cc1ccc(C=Cc2nnc(C(Br)(Br)Br)o2)cc1. The van der Waals surface area contributed by atoms with E-state index >= 15 is 0 Å². The highest BCUT2D eigenvalue weighted by Crippen LogP contribution is 2.43. The number of hydrogen-bond donors (Lipinski definition) is 0. The molecular formula is C12H9Br3N2O. The Balaban J connectivity index is 2.14. The first kappa shape index (κ1) is 14.0. The fourth-order valence-corrected chi connectivity index (χ4v) is 1.74. The number of rotatable bonds is 2. The maximum absolute atomic E-state index is 5.44. The van der Waals surface area contributed by atoms with E-state index in [0.29, 0.717) is 11.8 Å². The number of halogens is 3. The van der Waals surface area contributed by atoms with E-state index in [2.05, 4.69) is 77.0 Å². The lowest BCUT2D eigenvalue weighted by atomic mass is 10.1. The monoisotopic (exact) mass is 434 g/mol. The molecule has 0 atom stereocenters. The summed E-state index contributed by atoms with van der Waals surface area (Å²) in [5.41, 5.74) is 2.32. The van der Waals surface area contributed by atoms with Gasteiger partial charge in [0.15, 0.2) is 0 Å². The molecule has 0 aliphatic carbocycles. The van der Waals surface area contributed by atoms with E-state index in [1.165, 1.54) is 5.56 Å². The predicted molar refractivity (Wildman–Crippen MR) is 82.9 cm³/mol. The minimum atomic E-state index is -0.671. The molecule has 3 nitrogen and oxygen atoms in total. The molecule has 0 unspecified atom stereocenters. The van der Waals surface area contributed by atoms with Crippen molar-refractivity contribution < 1.29 is 4.42 Å².